The Kier molecular flexibility index (Phi) is 5.22. The Morgan fingerprint density at radius 3 is 2.84 bits per heavy atom. The molecule has 1 aliphatic heterocycles. The van der Waals surface area contributed by atoms with Crippen LogP contribution < -0.4 is 10.9 Å². The number of nitrogens with zero attached hydrogens (tertiary/aromatic N) is 2. The van der Waals surface area contributed by atoms with Gasteiger partial charge in [-0.15, -0.1) is 11.3 Å². The first-order chi connectivity index (χ1) is 12.0. The Morgan fingerprint density at radius 1 is 1.36 bits per heavy atom. The molecular formula is C18H23N3O3S. The van der Waals surface area contributed by atoms with Crippen molar-refractivity contribution in [1.82, 2.24) is 14.8 Å². The maximum atomic E-state index is 12.6. The summed E-state index contributed by atoms with van der Waals surface area (Å²) in [6, 6.07) is 1.90. The number of fused-ring (bicyclic) bond motifs is 1. The molecule has 2 aromatic heterocycles. The highest BCUT2D eigenvalue weighted by molar-refractivity contribution is 7.19. The second kappa shape index (κ2) is 7.39. The molecule has 0 spiro atoms. The molecule has 3 heterocycles. The number of carbonyl (C=O) groups excluding carboxylic acids is 2. The number of hydrogen-bond acceptors (Lipinski definition) is 4. The summed E-state index contributed by atoms with van der Waals surface area (Å²) in [6.07, 6.45) is 4.05. The van der Waals surface area contributed by atoms with E-state index in [-0.39, 0.29) is 17.4 Å². The van der Waals surface area contributed by atoms with E-state index in [2.05, 4.69) is 5.32 Å². The quantitative estimate of drug-likeness (QED) is 0.801. The SMILES string of the molecule is CCn1ccc2sc(C)c(C(=O)NCCCN3CCCC3=O)c2c1=O. The Morgan fingerprint density at radius 2 is 2.16 bits per heavy atom. The average Bonchev–Trinajstić information content (AvgIpc) is 3.15. The van der Waals surface area contributed by atoms with E-state index < -0.39 is 0 Å². The van der Waals surface area contributed by atoms with Crippen LogP contribution in [0.2, 0.25) is 0 Å². The third-order valence-electron chi connectivity index (χ3n) is 4.62. The second-order valence-corrected chi connectivity index (χ2v) is 7.53. The molecule has 0 aromatic carbocycles. The fourth-order valence-corrected chi connectivity index (χ4v) is 4.34. The molecule has 1 fully saturated rings. The van der Waals surface area contributed by atoms with Crippen molar-refractivity contribution >= 4 is 33.2 Å². The topological polar surface area (TPSA) is 71.4 Å². The van der Waals surface area contributed by atoms with Crippen LogP contribution >= 0.6 is 11.3 Å². The molecule has 7 heteroatoms. The predicted molar refractivity (Wildman–Crippen MR) is 99.3 cm³/mol. The third-order valence-corrected chi connectivity index (χ3v) is 5.69. The second-order valence-electron chi connectivity index (χ2n) is 6.27. The van der Waals surface area contributed by atoms with E-state index in [1.807, 2.05) is 24.8 Å². The number of pyridine rings is 1. The van der Waals surface area contributed by atoms with Gasteiger partial charge >= 0.3 is 0 Å². The van der Waals surface area contributed by atoms with Crippen molar-refractivity contribution in [3.8, 4) is 0 Å². The van der Waals surface area contributed by atoms with Gasteiger partial charge in [0.2, 0.25) is 5.91 Å². The Balaban J connectivity index is 1.70. The van der Waals surface area contributed by atoms with Crippen LogP contribution in [0, 0.1) is 6.92 Å². The smallest absolute Gasteiger partial charge is 0.260 e. The van der Waals surface area contributed by atoms with Crippen LogP contribution in [0.15, 0.2) is 17.1 Å². The average molecular weight is 361 g/mol. The first kappa shape index (κ1) is 17.7. The zero-order valence-electron chi connectivity index (χ0n) is 14.6. The highest BCUT2D eigenvalue weighted by Crippen LogP contribution is 2.28. The largest absolute Gasteiger partial charge is 0.352 e. The number of likely N-dealkylation sites (tertiary alicyclic amines) is 1. The summed E-state index contributed by atoms with van der Waals surface area (Å²) in [5.41, 5.74) is 0.377. The minimum atomic E-state index is -0.206. The fraction of sp³-hybridized carbons (Fsp3) is 0.500. The maximum absolute atomic E-state index is 12.6. The van der Waals surface area contributed by atoms with Gasteiger partial charge in [-0.1, -0.05) is 0 Å². The first-order valence-electron chi connectivity index (χ1n) is 8.71. The van der Waals surface area contributed by atoms with Gasteiger partial charge in [0.1, 0.15) is 0 Å². The molecule has 134 valence electrons. The lowest BCUT2D eigenvalue weighted by atomic mass is 10.1. The summed E-state index contributed by atoms with van der Waals surface area (Å²) in [6.45, 7) is 6.34. The monoisotopic (exact) mass is 361 g/mol. The zero-order chi connectivity index (χ0) is 18.0. The van der Waals surface area contributed by atoms with Crippen molar-refractivity contribution in [3.05, 3.63) is 33.1 Å². The van der Waals surface area contributed by atoms with Crippen molar-refractivity contribution in [2.45, 2.75) is 39.7 Å². The highest BCUT2D eigenvalue weighted by atomic mass is 32.1. The van der Waals surface area contributed by atoms with Crippen molar-refractivity contribution in [2.75, 3.05) is 19.6 Å². The molecule has 1 saturated heterocycles. The molecular weight excluding hydrogens is 338 g/mol. The number of aryl methyl sites for hydroxylation is 2. The van der Waals surface area contributed by atoms with E-state index >= 15 is 0 Å². The number of thiophene rings is 1. The molecule has 2 aromatic rings. The molecule has 25 heavy (non-hydrogen) atoms. The van der Waals surface area contributed by atoms with Gasteiger partial charge in [-0.3, -0.25) is 14.4 Å². The van der Waals surface area contributed by atoms with Crippen molar-refractivity contribution in [2.24, 2.45) is 0 Å². The van der Waals surface area contributed by atoms with E-state index in [1.165, 1.54) is 11.3 Å². The summed E-state index contributed by atoms with van der Waals surface area (Å²) < 4.78 is 2.46. The number of hydrogen-bond donors (Lipinski definition) is 1. The minimum absolute atomic E-state index is 0.114. The summed E-state index contributed by atoms with van der Waals surface area (Å²) in [5, 5.41) is 3.42. The van der Waals surface area contributed by atoms with E-state index in [9.17, 15) is 14.4 Å². The molecule has 0 saturated carbocycles. The van der Waals surface area contributed by atoms with Crippen molar-refractivity contribution in [3.63, 3.8) is 0 Å². The molecule has 0 aliphatic carbocycles. The zero-order valence-corrected chi connectivity index (χ0v) is 15.4. The fourth-order valence-electron chi connectivity index (χ4n) is 3.29. The summed E-state index contributed by atoms with van der Waals surface area (Å²) >= 11 is 1.47. The molecule has 3 rings (SSSR count). The van der Waals surface area contributed by atoms with Crippen LogP contribution in [0.1, 0.15) is 41.4 Å². The normalized spacial score (nSPS) is 14.5. The van der Waals surface area contributed by atoms with Gasteiger partial charge in [-0.05, 0) is 32.8 Å². The van der Waals surface area contributed by atoms with Gasteiger partial charge in [0.05, 0.1) is 10.9 Å². The van der Waals surface area contributed by atoms with Gasteiger partial charge in [-0.25, -0.2) is 0 Å². The standard InChI is InChI=1S/C18H23N3O3S/c1-3-20-11-7-13-16(18(20)24)15(12(2)25-13)17(23)19-8-5-10-21-9-4-6-14(21)22/h7,11H,3-6,8-10H2,1-2H3,(H,19,23). The van der Waals surface area contributed by atoms with E-state index in [4.69, 9.17) is 0 Å². The van der Waals surface area contributed by atoms with E-state index in [0.29, 0.717) is 37.0 Å². The van der Waals surface area contributed by atoms with Crippen LogP contribution in [-0.4, -0.2) is 40.9 Å². The third kappa shape index (κ3) is 3.46. The van der Waals surface area contributed by atoms with Gasteiger partial charge in [0.15, 0.2) is 0 Å². The molecule has 0 atom stereocenters. The summed E-state index contributed by atoms with van der Waals surface area (Å²) in [7, 11) is 0. The molecule has 1 aliphatic rings. The lowest BCUT2D eigenvalue weighted by Gasteiger charge is -2.15. The molecule has 6 nitrogen and oxygen atoms in total. The number of rotatable bonds is 6. The first-order valence-corrected chi connectivity index (χ1v) is 9.53. The van der Waals surface area contributed by atoms with Gasteiger partial charge in [0.25, 0.3) is 11.5 Å². The van der Waals surface area contributed by atoms with Crippen LogP contribution in [0.4, 0.5) is 0 Å². The number of nitrogens with one attached hydrogen (secondary N) is 1. The minimum Gasteiger partial charge on any atom is -0.352 e. The Labute approximate surface area is 150 Å². The van der Waals surface area contributed by atoms with Crippen molar-refractivity contribution in [1.29, 1.82) is 0 Å². The molecule has 1 N–H and O–H groups in total. The lowest BCUT2D eigenvalue weighted by Crippen LogP contribution is -2.31. The lowest BCUT2D eigenvalue weighted by molar-refractivity contribution is -0.127. The molecule has 0 bridgehead atoms. The Bertz CT molecular complexity index is 868. The summed E-state index contributed by atoms with van der Waals surface area (Å²) in [5.74, 6) is -0.00596. The molecule has 0 radical (unpaired) electrons. The van der Waals surface area contributed by atoms with Crippen LogP contribution in [0.3, 0.4) is 0 Å². The van der Waals surface area contributed by atoms with Crippen molar-refractivity contribution < 1.29 is 9.59 Å². The number of aromatic nitrogens is 1. The predicted octanol–water partition coefficient (Wildman–Crippen LogP) is 2.13. The van der Waals surface area contributed by atoms with Crippen LogP contribution in [0.5, 0.6) is 0 Å². The van der Waals surface area contributed by atoms with Crippen LogP contribution in [0.25, 0.3) is 10.1 Å². The van der Waals surface area contributed by atoms with E-state index in [0.717, 1.165) is 29.0 Å². The molecule has 0 unspecified atom stereocenters. The van der Waals surface area contributed by atoms with Gasteiger partial charge in [-0.2, -0.15) is 0 Å². The Hall–Kier alpha value is -2.15. The number of carbonyl (C=O) groups is 2. The molecule has 2 amide bonds. The highest BCUT2D eigenvalue weighted by Gasteiger charge is 2.21. The van der Waals surface area contributed by atoms with Gasteiger partial charge in [0, 0.05) is 48.4 Å². The van der Waals surface area contributed by atoms with Crippen LogP contribution in [-0.2, 0) is 11.3 Å². The number of amides is 2. The summed E-state index contributed by atoms with van der Waals surface area (Å²) in [4.78, 5) is 39.5. The maximum Gasteiger partial charge on any atom is 0.260 e. The van der Waals surface area contributed by atoms with E-state index in [1.54, 1.807) is 10.8 Å². The van der Waals surface area contributed by atoms with Gasteiger partial charge < -0.3 is 14.8 Å².